The molecule has 0 bridgehead atoms. The van der Waals surface area contributed by atoms with E-state index < -0.39 is 179 Å². The lowest BCUT2D eigenvalue weighted by Gasteiger charge is -2.50. The summed E-state index contributed by atoms with van der Waals surface area (Å²) in [6.45, 7) is -1.74. The van der Waals surface area contributed by atoms with E-state index in [1.54, 1.807) is 0 Å². The summed E-state index contributed by atoms with van der Waals surface area (Å²) in [5.41, 5.74) is 0. The smallest absolute Gasteiger partial charge is 0.364 e. The van der Waals surface area contributed by atoms with Crippen LogP contribution in [0.15, 0.2) is 0 Å². The SMILES string of the molecule is CC(=O)N[C@@H]1[C@@H](O)[C@H](O[C@@H]2O[C@H](CO)[C@H](O)[C@H](O[C@]3(C(=O)O)C[C@H](O)[C@@H](NC(C)=O)[C@H]([C@H](O)[C@H](O)CO)O3)[C@H]2O)[C@@H](CO[C@@H]2O[C@H](CO)[C@H](O)[C@H](O)[C@H]2O)O[C@@H]1O. The van der Waals surface area contributed by atoms with Crippen molar-refractivity contribution in [2.24, 2.45) is 0 Å². The number of carboxylic acid groups (broad SMARTS) is 1. The third-order valence-corrected chi connectivity index (χ3v) is 9.96. The van der Waals surface area contributed by atoms with Gasteiger partial charge < -0.3 is 115 Å². The summed E-state index contributed by atoms with van der Waals surface area (Å²) >= 11 is 0. The van der Waals surface area contributed by atoms with Gasteiger partial charge in [0.2, 0.25) is 11.8 Å². The number of carboxylic acids is 1. The first-order chi connectivity index (χ1) is 26.7. The van der Waals surface area contributed by atoms with Gasteiger partial charge in [0.1, 0.15) is 91.5 Å². The summed E-state index contributed by atoms with van der Waals surface area (Å²) in [5.74, 6) is -6.72. The molecule has 330 valence electrons. The van der Waals surface area contributed by atoms with Crippen LogP contribution in [-0.4, -0.2) is 244 Å². The maximum atomic E-state index is 12.8. The fraction of sp³-hybridized carbons (Fsp3) is 0.903. The highest BCUT2D eigenvalue weighted by atomic mass is 16.8. The van der Waals surface area contributed by atoms with Crippen LogP contribution < -0.4 is 10.6 Å². The molecule has 4 heterocycles. The van der Waals surface area contributed by atoms with E-state index in [1.165, 1.54) is 0 Å². The molecule has 4 rings (SSSR count). The molecule has 26 nitrogen and oxygen atoms in total. The predicted octanol–water partition coefficient (Wildman–Crippen LogP) is -10.3. The van der Waals surface area contributed by atoms with Crippen molar-refractivity contribution in [2.45, 2.75) is 149 Å². The first-order valence-corrected chi connectivity index (χ1v) is 17.7. The molecule has 4 aliphatic heterocycles. The van der Waals surface area contributed by atoms with Crippen LogP contribution in [0.1, 0.15) is 20.3 Å². The van der Waals surface area contributed by atoms with Crippen molar-refractivity contribution in [3.63, 3.8) is 0 Å². The Morgan fingerprint density at radius 2 is 1.30 bits per heavy atom. The number of hydrogen-bond donors (Lipinski definition) is 16. The molecular formula is C31H52N2O24. The highest BCUT2D eigenvalue weighted by Gasteiger charge is 2.60. The number of aliphatic hydroxyl groups is 13. The zero-order valence-corrected chi connectivity index (χ0v) is 30.4. The normalized spacial score (nSPS) is 45.1. The Morgan fingerprint density at radius 3 is 1.86 bits per heavy atom. The minimum atomic E-state index is -3.13. The van der Waals surface area contributed by atoms with Gasteiger partial charge in [-0.3, -0.25) is 9.59 Å². The summed E-state index contributed by atoms with van der Waals surface area (Å²) in [5, 5.41) is 151. The molecule has 4 aliphatic rings. The van der Waals surface area contributed by atoms with Crippen LogP contribution in [0, 0.1) is 0 Å². The highest BCUT2D eigenvalue weighted by Crippen LogP contribution is 2.38. The predicted molar refractivity (Wildman–Crippen MR) is 174 cm³/mol. The summed E-state index contributed by atoms with van der Waals surface area (Å²) in [4.78, 5) is 36.7. The van der Waals surface area contributed by atoms with Gasteiger partial charge in [-0.25, -0.2) is 4.79 Å². The van der Waals surface area contributed by atoms with E-state index in [0.717, 1.165) is 13.8 Å². The number of carbonyl (C=O) groups is 3. The van der Waals surface area contributed by atoms with Crippen molar-refractivity contribution in [1.82, 2.24) is 10.6 Å². The first-order valence-electron chi connectivity index (χ1n) is 17.7. The number of amides is 2. The largest absolute Gasteiger partial charge is 0.477 e. The number of nitrogens with one attached hydrogen (secondary N) is 2. The Balaban J connectivity index is 1.65. The van der Waals surface area contributed by atoms with Crippen molar-refractivity contribution in [3.05, 3.63) is 0 Å². The molecule has 0 aliphatic carbocycles. The monoisotopic (exact) mass is 836 g/mol. The molecule has 0 aromatic heterocycles. The Bertz CT molecular complexity index is 1350. The number of aliphatic hydroxyl groups excluding tert-OH is 13. The Kier molecular flexibility index (Phi) is 16.4. The van der Waals surface area contributed by atoms with E-state index in [-0.39, 0.29) is 0 Å². The Labute approximate surface area is 322 Å². The number of hydrogen-bond acceptors (Lipinski definition) is 23. The summed E-state index contributed by atoms with van der Waals surface area (Å²) < 4.78 is 38.9. The molecule has 0 aromatic rings. The third kappa shape index (κ3) is 10.3. The standard InChI is InChI=1S/C31H52N2O24/c1-8(37)32-15-10(39)3-31(30(49)50,56-25(15)17(41)11(40)4-34)57-26-19(43)13(6-36)54-29(23(26)47)55-24-14(52-27(48)16(20(24)44)33-9(2)38)7-51-28-22(46)21(45)18(42)12(5-35)53-28/h10-29,34-36,39-48H,3-7H2,1-2H3,(H,32,37)(H,33,38)(H,49,50)/t10-,11+,12+,13+,14+,15+,16+,17+,18-,19-,20+,21-,22+,23+,24+,25+,26-,27-,28+,29-,31-/m0/s1. The highest BCUT2D eigenvalue weighted by molar-refractivity contribution is 5.76. The molecule has 0 aromatic carbocycles. The van der Waals surface area contributed by atoms with Crippen LogP contribution >= 0.6 is 0 Å². The van der Waals surface area contributed by atoms with E-state index in [2.05, 4.69) is 10.6 Å². The first kappa shape index (κ1) is 47.3. The van der Waals surface area contributed by atoms with Crippen LogP contribution in [-0.2, 0) is 47.5 Å². The van der Waals surface area contributed by atoms with Crippen LogP contribution in [0.2, 0.25) is 0 Å². The molecule has 0 spiro atoms. The van der Waals surface area contributed by atoms with Crippen molar-refractivity contribution >= 4 is 17.8 Å². The summed E-state index contributed by atoms with van der Waals surface area (Å²) in [6, 6.07) is -3.26. The molecular weight excluding hydrogens is 784 g/mol. The lowest BCUT2D eigenvalue weighted by atomic mass is 9.88. The second kappa shape index (κ2) is 19.8. The van der Waals surface area contributed by atoms with Gasteiger partial charge >= 0.3 is 5.97 Å². The molecule has 57 heavy (non-hydrogen) atoms. The van der Waals surface area contributed by atoms with Gasteiger partial charge in [0, 0.05) is 20.3 Å². The fourth-order valence-electron chi connectivity index (χ4n) is 6.95. The molecule has 0 radical (unpaired) electrons. The van der Waals surface area contributed by atoms with Crippen molar-refractivity contribution < 1.29 is 119 Å². The lowest BCUT2D eigenvalue weighted by molar-refractivity contribution is -0.383. The van der Waals surface area contributed by atoms with Crippen LogP contribution in [0.3, 0.4) is 0 Å². The van der Waals surface area contributed by atoms with Gasteiger partial charge in [-0.05, 0) is 0 Å². The van der Waals surface area contributed by atoms with Gasteiger partial charge in [-0.2, -0.15) is 0 Å². The zero-order chi connectivity index (χ0) is 42.7. The molecule has 0 unspecified atom stereocenters. The topological polar surface area (TPSA) is 423 Å². The molecule has 2 amide bonds. The number of aliphatic carboxylic acids is 1. The van der Waals surface area contributed by atoms with Gasteiger partial charge in [0.25, 0.3) is 5.79 Å². The van der Waals surface area contributed by atoms with Gasteiger partial charge in [0.15, 0.2) is 18.9 Å². The van der Waals surface area contributed by atoms with Crippen LogP contribution in [0.5, 0.6) is 0 Å². The van der Waals surface area contributed by atoms with Crippen molar-refractivity contribution in [2.75, 3.05) is 26.4 Å². The maximum Gasteiger partial charge on any atom is 0.364 e. The number of rotatable bonds is 15. The second-order valence-electron chi connectivity index (χ2n) is 14.1. The quantitative estimate of drug-likeness (QED) is 0.0728. The fourth-order valence-corrected chi connectivity index (χ4v) is 6.95. The molecule has 0 saturated carbocycles. The second-order valence-corrected chi connectivity index (χ2v) is 14.1. The third-order valence-electron chi connectivity index (χ3n) is 9.96. The van der Waals surface area contributed by atoms with E-state index in [9.17, 15) is 85.9 Å². The maximum absolute atomic E-state index is 12.8. The van der Waals surface area contributed by atoms with E-state index >= 15 is 0 Å². The van der Waals surface area contributed by atoms with Crippen LogP contribution in [0.25, 0.3) is 0 Å². The molecule has 16 N–H and O–H groups in total. The molecule has 26 heteroatoms. The van der Waals surface area contributed by atoms with Crippen molar-refractivity contribution in [3.8, 4) is 0 Å². The Hall–Kier alpha value is -2.39. The molecule has 21 atom stereocenters. The van der Waals surface area contributed by atoms with Crippen LogP contribution in [0.4, 0.5) is 0 Å². The average Bonchev–Trinajstić information content (AvgIpc) is 3.15. The van der Waals surface area contributed by atoms with Gasteiger partial charge in [-0.15, -0.1) is 0 Å². The van der Waals surface area contributed by atoms with Gasteiger partial charge in [-0.1, -0.05) is 0 Å². The number of carbonyl (C=O) groups excluding carboxylic acids is 2. The summed E-state index contributed by atoms with van der Waals surface area (Å²) in [6.07, 6.45) is -36.0. The molecule has 4 fully saturated rings. The minimum Gasteiger partial charge on any atom is -0.477 e. The average molecular weight is 837 g/mol. The lowest BCUT2D eigenvalue weighted by Crippen LogP contribution is -2.71. The number of ether oxygens (including phenoxy) is 7. The van der Waals surface area contributed by atoms with E-state index in [4.69, 9.17) is 33.2 Å². The van der Waals surface area contributed by atoms with E-state index in [0.29, 0.717) is 0 Å². The molecule has 4 saturated heterocycles. The van der Waals surface area contributed by atoms with Gasteiger partial charge in [0.05, 0.1) is 38.6 Å². The van der Waals surface area contributed by atoms with Crippen molar-refractivity contribution in [1.29, 1.82) is 0 Å². The zero-order valence-electron chi connectivity index (χ0n) is 30.4. The Morgan fingerprint density at radius 1 is 0.719 bits per heavy atom. The summed E-state index contributed by atoms with van der Waals surface area (Å²) in [7, 11) is 0. The minimum absolute atomic E-state index is 0.772. The van der Waals surface area contributed by atoms with E-state index in [1.807, 2.05) is 0 Å².